The van der Waals surface area contributed by atoms with Crippen LogP contribution in [0.4, 0.5) is 34.1 Å². The molecule has 0 fully saturated rings. The van der Waals surface area contributed by atoms with Crippen LogP contribution in [0.15, 0.2) is 322 Å². The second kappa shape index (κ2) is 21.6. The molecule has 91 heavy (non-hydrogen) atoms. The van der Waals surface area contributed by atoms with Crippen LogP contribution in [-0.2, 0) is 10.8 Å². The fourth-order valence-electron chi connectivity index (χ4n) is 15.7. The molecule has 1 unspecified atom stereocenters. The van der Waals surface area contributed by atoms with E-state index in [1.807, 2.05) is 28.7 Å². The minimum absolute atomic E-state index is 0.517. The average Bonchev–Trinajstić information content (AvgIpc) is 1.58. The van der Waals surface area contributed by atoms with Gasteiger partial charge in [0.15, 0.2) is 0 Å². The fourth-order valence-corrected chi connectivity index (χ4v) is 18.0. The number of hydrogen-bond donors (Lipinski definition) is 0. The van der Waals surface area contributed by atoms with E-state index in [0.717, 1.165) is 39.7 Å². The highest BCUT2D eigenvalue weighted by Crippen LogP contribution is 2.59. The maximum absolute atomic E-state index is 4.40. The maximum atomic E-state index is 4.40. The molecule has 2 heterocycles. The Kier molecular flexibility index (Phi) is 12.9. The summed E-state index contributed by atoms with van der Waals surface area (Å²) in [6, 6.07) is 109. The standard InChI is InChI=1S/C87H62N2S2/c1-5-23-76-68(6-2)69-36-13-16-39-77(69)86(76,58-26-9-7-10-27-58)60-30-21-34-64(52-60)88(62-32-19-24-56(3)50-62)66-42-44-74-82(54-66)90-80-48-46-73-72(84(74)80)47-49-81-85(73)75-45-43-67(55-83(75)91-81)89(63-33-20-25-57(4)51-63)65-35-22-31-61(53-65)87(59-28-11-8-12-29-59)78-40-17-14-37-70(78)71-38-15-18-41-79(71)87/h5-55H,2H2,1,3-4H3/b23-5-. The number of aryl methyl sites for hydroxylation is 2. The Balaban J connectivity index is 0.788. The smallest absolute Gasteiger partial charge is 0.0714 e. The molecule has 2 aliphatic rings. The Morgan fingerprint density at radius 3 is 1.19 bits per heavy atom. The Labute approximate surface area is 539 Å². The average molecular weight is 1200 g/mol. The van der Waals surface area contributed by atoms with E-state index in [4.69, 9.17) is 0 Å². The highest BCUT2D eigenvalue weighted by atomic mass is 32.1. The normalized spacial score (nSPS) is 14.8. The van der Waals surface area contributed by atoms with Crippen LogP contribution in [0, 0.1) is 13.8 Å². The number of fused-ring (bicyclic) bond motifs is 13. The van der Waals surface area contributed by atoms with Crippen molar-refractivity contribution < 1.29 is 0 Å². The van der Waals surface area contributed by atoms with E-state index in [1.165, 1.54) is 123 Å². The van der Waals surface area contributed by atoms with E-state index in [-0.39, 0.29) is 0 Å². The lowest BCUT2D eigenvalue weighted by Gasteiger charge is -2.36. The van der Waals surface area contributed by atoms with Gasteiger partial charge in [-0.2, -0.15) is 0 Å². The molecule has 0 saturated carbocycles. The molecule has 0 radical (unpaired) electrons. The minimum Gasteiger partial charge on any atom is -0.310 e. The lowest BCUT2D eigenvalue weighted by Crippen LogP contribution is -2.29. The first kappa shape index (κ1) is 54.5. The SMILES string of the molecule is C=CC1=C(/C=C\C)C(c2ccccc2)(c2cccc(N(c3cccc(C)c3)c3ccc4c(c3)sc3ccc5c(ccc6sc7cc(N(c8cccc(C)c8)c8cccc(C9(c%10ccccc%10)c%10ccccc%10-c%10ccccc%109)c8)ccc7c65)c34)c2)c2ccccc21. The minimum atomic E-state index is -0.584. The van der Waals surface area contributed by atoms with Gasteiger partial charge in [-0.25, -0.2) is 0 Å². The van der Waals surface area contributed by atoms with Gasteiger partial charge in [0, 0.05) is 74.5 Å². The molecule has 0 N–H and O–H groups in total. The number of hydrogen-bond acceptors (Lipinski definition) is 4. The Morgan fingerprint density at radius 1 is 0.330 bits per heavy atom. The summed E-state index contributed by atoms with van der Waals surface area (Å²) in [7, 11) is 0. The van der Waals surface area contributed by atoms with Crippen molar-refractivity contribution in [3.63, 3.8) is 0 Å². The molecule has 0 saturated heterocycles. The van der Waals surface area contributed by atoms with Gasteiger partial charge in [0.05, 0.1) is 10.8 Å². The van der Waals surface area contributed by atoms with Crippen LogP contribution in [0.5, 0.6) is 0 Å². The van der Waals surface area contributed by atoms with Crippen molar-refractivity contribution >= 4 is 113 Å². The quantitative estimate of drug-likeness (QED) is 0.120. The molecule has 4 heteroatoms. The van der Waals surface area contributed by atoms with Crippen LogP contribution >= 0.6 is 22.7 Å². The van der Waals surface area contributed by atoms with Crippen molar-refractivity contribution in [3.05, 3.63) is 377 Å². The number of allylic oxidation sites excluding steroid dienone is 5. The van der Waals surface area contributed by atoms with Gasteiger partial charge in [-0.05, 0) is 194 Å². The van der Waals surface area contributed by atoms with Gasteiger partial charge in [0.25, 0.3) is 0 Å². The maximum Gasteiger partial charge on any atom is 0.0714 e. The number of nitrogens with zero attached hydrogens (tertiary/aromatic N) is 2. The van der Waals surface area contributed by atoms with Crippen LogP contribution < -0.4 is 9.80 Å². The predicted octanol–water partition coefficient (Wildman–Crippen LogP) is 24.4. The predicted molar refractivity (Wildman–Crippen MR) is 391 cm³/mol. The van der Waals surface area contributed by atoms with Gasteiger partial charge < -0.3 is 9.80 Å². The van der Waals surface area contributed by atoms with E-state index in [2.05, 4.69) is 340 Å². The summed E-state index contributed by atoms with van der Waals surface area (Å²) in [6.45, 7) is 10.9. The Bertz CT molecular complexity index is 5460. The van der Waals surface area contributed by atoms with Gasteiger partial charge >= 0.3 is 0 Å². The van der Waals surface area contributed by atoms with Gasteiger partial charge in [-0.3, -0.25) is 0 Å². The van der Waals surface area contributed by atoms with Crippen LogP contribution in [0.3, 0.4) is 0 Å². The lowest BCUT2D eigenvalue weighted by molar-refractivity contribution is 0.761. The summed E-state index contributed by atoms with van der Waals surface area (Å²) in [6.07, 6.45) is 6.52. The van der Waals surface area contributed by atoms with Gasteiger partial charge in [0.2, 0.25) is 0 Å². The zero-order valence-corrected chi connectivity index (χ0v) is 52.5. The molecule has 15 aromatic rings. The Morgan fingerprint density at radius 2 is 0.714 bits per heavy atom. The molecule has 1 atom stereocenters. The van der Waals surface area contributed by atoms with Crippen LogP contribution in [0.1, 0.15) is 62.6 Å². The first-order chi connectivity index (χ1) is 44.8. The van der Waals surface area contributed by atoms with E-state index < -0.39 is 10.8 Å². The molecular weight excluding hydrogens is 1140 g/mol. The van der Waals surface area contributed by atoms with Crippen molar-refractivity contribution in [1.82, 2.24) is 0 Å². The largest absolute Gasteiger partial charge is 0.310 e. The van der Waals surface area contributed by atoms with E-state index in [1.54, 1.807) is 0 Å². The van der Waals surface area contributed by atoms with Crippen molar-refractivity contribution in [1.29, 1.82) is 0 Å². The third kappa shape index (κ3) is 8.29. The number of benzene rings is 13. The molecule has 0 bridgehead atoms. The summed E-state index contributed by atoms with van der Waals surface area (Å²) in [5.74, 6) is 0. The van der Waals surface area contributed by atoms with Crippen molar-refractivity contribution in [2.24, 2.45) is 0 Å². The molecule has 13 aromatic carbocycles. The second-order valence-corrected chi connectivity index (χ2v) is 26.6. The first-order valence-corrected chi connectivity index (χ1v) is 33.1. The number of thiophene rings is 2. The molecular formula is C87H62N2S2. The lowest BCUT2D eigenvalue weighted by atomic mass is 9.66. The topological polar surface area (TPSA) is 6.48 Å². The van der Waals surface area contributed by atoms with Crippen LogP contribution in [0.25, 0.3) is 67.8 Å². The zero-order valence-electron chi connectivity index (χ0n) is 50.9. The van der Waals surface area contributed by atoms with E-state index >= 15 is 0 Å². The molecule has 2 aliphatic carbocycles. The van der Waals surface area contributed by atoms with Gasteiger partial charge in [-0.15, -0.1) is 22.7 Å². The highest BCUT2D eigenvalue weighted by Gasteiger charge is 2.48. The molecule has 17 rings (SSSR count). The molecule has 2 nitrogen and oxygen atoms in total. The number of anilines is 6. The van der Waals surface area contributed by atoms with Crippen molar-refractivity contribution in [2.45, 2.75) is 31.6 Å². The fraction of sp³-hybridized carbons (Fsp3) is 0.0575. The molecule has 0 amide bonds. The third-order valence-electron chi connectivity index (χ3n) is 19.4. The van der Waals surface area contributed by atoms with Gasteiger partial charge in [0.1, 0.15) is 0 Å². The summed E-state index contributed by atoms with van der Waals surface area (Å²) in [5.41, 5.74) is 23.0. The van der Waals surface area contributed by atoms with Crippen LogP contribution in [-0.4, -0.2) is 0 Å². The van der Waals surface area contributed by atoms with Gasteiger partial charge in [-0.1, -0.05) is 231 Å². The summed E-state index contributed by atoms with van der Waals surface area (Å²) < 4.78 is 5.08. The summed E-state index contributed by atoms with van der Waals surface area (Å²) in [4.78, 5) is 4.91. The molecule has 2 aromatic heterocycles. The van der Waals surface area contributed by atoms with Crippen molar-refractivity contribution in [2.75, 3.05) is 9.80 Å². The van der Waals surface area contributed by atoms with Crippen molar-refractivity contribution in [3.8, 4) is 11.1 Å². The third-order valence-corrected chi connectivity index (χ3v) is 21.6. The molecule has 432 valence electrons. The van der Waals surface area contributed by atoms with Crippen LogP contribution in [0.2, 0.25) is 0 Å². The zero-order chi connectivity index (χ0) is 61.0. The van der Waals surface area contributed by atoms with E-state index in [0.29, 0.717) is 0 Å². The second-order valence-electron chi connectivity index (χ2n) is 24.4. The highest BCUT2D eigenvalue weighted by molar-refractivity contribution is 7.26. The molecule has 0 aliphatic heterocycles. The number of rotatable bonds is 12. The first-order valence-electron chi connectivity index (χ1n) is 31.4. The monoisotopic (exact) mass is 1200 g/mol. The summed E-state index contributed by atoms with van der Waals surface area (Å²) >= 11 is 3.77. The Hall–Kier alpha value is -10.6. The summed E-state index contributed by atoms with van der Waals surface area (Å²) in [5, 5.41) is 7.73. The van der Waals surface area contributed by atoms with E-state index in [9.17, 15) is 0 Å². The molecule has 0 spiro atoms.